The molecule has 0 bridgehead atoms. The van der Waals surface area contributed by atoms with Crippen molar-refractivity contribution in [3.8, 4) is 0 Å². The van der Waals surface area contributed by atoms with Crippen molar-refractivity contribution in [1.29, 1.82) is 0 Å². The summed E-state index contributed by atoms with van der Waals surface area (Å²) in [4.78, 5) is 8.75. The molecule has 4 heteroatoms. The number of hydrogen-bond donors (Lipinski definition) is 1. The Morgan fingerprint density at radius 2 is 2.00 bits per heavy atom. The SMILES string of the molecule is CCCc1nc(Cl)cc(NC(C)c2ccccc2C)n1. The van der Waals surface area contributed by atoms with Gasteiger partial charge in [-0.05, 0) is 31.4 Å². The van der Waals surface area contributed by atoms with E-state index in [2.05, 4.69) is 54.3 Å². The molecule has 0 aliphatic carbocycles. The molecule has 1 atom stereocenters. The molecule has 1 aromatic carbocycles. The highest BCUT2D eigenvalue weighted by Gasteiger charge is 2.10. The maximum Gasteiger partial charge on any atom is 0.134 e. The monoisotopic (exact) mass is 289 g/mol. The first-order valence-corrected chi connectivity index (χ1v) is 7.33. The Hall–Kier alpha value is -1.61. The van der Waals surface area contributed by atoms with Gasteiger partial charge in [-0.1, -0.05) is 42.8 Å². The van der Waals surface area contributed by atoms with E-state index in [4.69, 9.17) is 11.6 Å². The molecule has 0 aliphatic rings. The Morgan fingerprint density at radius 3 is 2.70 bits per heavy atom. The van der Waals surface area contributed by atoms with Gasteiger partial charge in [-0.2, -0.15) is 0 Å². The van der Waals surface area contributed by atoms with E-state index in [1.807, 2.05) is 6.07 Å². The molecule has 0 fully saturated rings. The van der Waals surface area contributed by atoms with Crippen LogP contribution in [0.2, 0.25) is 5.15 Å². The highest BCUT2D eigenvalue weighted by atomic mass is 35.5. The lowest BCUT2D eigenvalue weighted by Crippen LogP contribution is -2.10. The smallest absolute Gasteiger partial charge is 0.134 e. The Labute approximate surface area is 125 Å². The highest BCUT2D eigenvalue weighted by molar-refractivity contribution is 6.29. The zero-order valence-corrected chi connectivity index (χ0v) is 12.9. The Kier molecular flexibility index (Phi) is 4.96. The van der Waals surface area contributed by atoms with Crippen molar-refractivity contribution in [2.75, 3.05) is 5.32 Å². The van der Waals surface area contributed by atoms with Gasteiger partial charge < -0.3 is 5.32 Å². The van der Waals surface area contributed by atoms with Crippen molar-refractivity contribution in [3.05, 3.63) is 52.4 Å². The summed E-state index contributed by atoms with van der Waals surface area (Å²) in [5.41, 5.74) is 2.53. The lowest BCUT2D eigenvalue weighted by atomic mass is 10.0. The van der Waals surface area contributed by atoms with Gasteiger partial charge in [0.1, 0.15) is 16.8 Å². The van der Waals surface area contributed by atoms with E-state index < -0.39 is 0 Å². The summed E-state index contributed by atoms with van der Waals surface area (Å²) < 4.78 is 0. The zero-order chi connectivity index (χ0) is 14.5. The predicted molar refractivity (Wildman–Crippen MR) is 84.3 cm³/mol. The summed E-state index contributed by atoms with van der Waals surface area (Å²) in [6, 6.07) is 10.3. The summed E-state index contributed by atoms with van der Waals surface area (Å²) in [6.07, 6.45) is 1.85. The lowest BCUT2D eigenvalue weighted by molar-refractivity contribution is 0.817. The Balaban J connectivity index is 2.19. The minimum atomic E-state index is 0.177. The third kappa shape index (κ3) is 3.70. The van der Waals surface area contributed by atoms with E-state index in [0.29, 0.717) is 5.15 Å². The molecule has 0 radical (unpaired) electrons. The number of halogens is 1. The zero-order valence-electron chi connectivity index (χ0n) is 12.2. The minimum absolute atomic E-state index is 0.177. The molecule has 0 saturated heterocycles. The fraction of sp³-hybridized carbons (Fsp3) is 0.375. The first kappa shape index (κ1) is 14.8. The van der Waals surface area contributed by atoms with E-state index in [1.165, 1.54) is 11.1 Å². The van der Waals surface area contributed by atoms with Gasteiger partial charge in [0.2, 0.25) is 0 Å². The van der Waals surface area contributed by atoms with Gasteiger partial charge in [-0.25, -0.2) is 9.97 Å². The first-order chi connectivity index (χ1) is 9.60. The Morgan fingerprint density at radius 1 is 1.25 bits per heavy atom. The predicted octanol–water partition coefficient (Wildman–Crippen LogP) is 4.56. The molecule has 1 N–H and O–H groups in total. The second-order valence-corrected chi connectivity index (χ2v) is 5.35. The van der Waals surface area contributed by atoms with Crippen LogP contribution in [0.5, 0.6) is 0 Å². The number of nitrogens with one attached hydrogen (secondary N) is 1. The largest absolute Gasteiger partial charge is 0.363 e. The summed E-state index contributed by atoms with van der Waals surface area (Å²) in [5, 5.41) is 3.89. The van der Waals surface area contributed by atoms with Crippen LogP contribution in [-0.2, 0) is 6.42 Å². The molecule has 106 valence electrons. The molecule has 0 spiro atoms. The second kappa shape index (κ2) is 6.71. The molecule has 3 nitrogen and oxygen atoms in total. The van der Waals surface area contributed by atoms with Gasteiger partial charge >= 0.3 is 0 Å². The normalized spacial score (nSPS) is 12.2. The molecule has 20 heavy (non-hydrogen) atoms. The fourth-order valence-electron chi connectivity index (χ4n) is 2.25. The van der Waals surface area contributed by atoms with Crippen LogP contribution >= 0.6 is 11.6 Å². The summed E-state index contributed by atoms with van der Waals surface area (Å²) in [7, 11) is 0. The standard InChI is InChI=1S/C16H20ClN3/c1-4-7-15-19-14(17)10-16(20-15)18-12(3)13-9-6-5-8-11(13)2/h5-6,8-10,12H,4,7H2,1-3H3,(H,18,19,20). The molecule has 1 unspecified atom stereocenters. The fourth-order valence-corrected chi connectivity index (χ4v) is 2.45. The molecule has 2 aromatic rings. The van der Waals surface area contributed by atoms with Gasteiger partial charge in [0.05, 0.1) is 6.04 Å². The minimum Gasteiger partial charge on any atom is -0.363 e. The number of anilines is 1. The van der Waals surface area contributed by atoms with E-state index in [9.17, 15) is 0 Å². The van der Waals surface area contributed by atoms with Gasteiger partial charge in [0, 0.05) is 12.5 Å². The van der Waals surface area contributed by atoms with Crippen LogP contribution in [0.4, 0.5) is 5.82 Å². The van der Waals surface area contributed by atoms with Crippen LogP contribution in [0, 0.1) is 6.92 Å². The second-order valence-electron chi connectivity index (χ2n) is 4.96. The first-order valence-electron chi connectivity index (χ1n) is 6.95. The van der Waals surface area contributed by atoms with Crippen LogP contribution in [0.25, 0.3) is 0 Å². The van der Waals surface area contributed by atoms with Crippen LogP contribution in [0.15, 0.2) is 30.3 Å². The summed E-state index contributed by atoms with van der Waals surface area (Å²) >= 11 is 6.06. The lowest BCUT2D eigenvalue weighted by Gasteiger charge is -2.17. The van der Waals surface area contributed by atoms with Gasteiger partial charge in [-0.3, -0.25) is 0 Å². The molecule has 1 aromatic heterocycles. The van der Waals surface area contributed by atoms with Crippen LogP contribution in [-0.4, -0.2) is 9.97 Å². The average Bonchev–Trinajstić information content (AvgIpc) is 2.38. The molecule has 0 amide bonds. The third-order valence-corrected chi connectivity index (χ3v) is 3.43. The topological polar surface area (TPSA) is 37.8 Å². The number of hydrogen-bond acceptors (Lipinski definition) is 3. The van der Waals surface area contributed by atoms with E-state index >= 15 is 0 Å². The summed E-state index contributed by atoms with van der Waals surface area (Å²) in [6.45, 7) is 6.34. The third-order valence-electron chi connectivity index (χ3n) is 3.23. The van der Waals surface area contributed by atoms with E-state index in [-0.39, 0.29) is 6.04 Å². The van der Waals surface area contributed by atoms with Crippen molar-refractivity contribution >= 4 is 17.4 Å². The van der Waals surface area contributed by atoms with E-state index in [1.54, 1.807) is 6.07 Å². The molecular weight excluding hydrogens is 270 g/mol. The van der Waals surface area contributed by atoms with Crippen LogP contribution in [0.1, 0.15) is 43.3 Å². The average molecular weight is 290 g/mol. The number of aromatic nitrogens is 2. The Bertz CT molecular complexity index is 584. The van der Waals surface area contributed by atoms with Crippen molar-refractivity contribution in [2.24, 2.45) is 0 Å². The maximum atomic E-state index is 6.06. The molecule has 2 rings (SSSR count). The number of rotatable bonds is 5. The highest BCUT2D eigenvalue weighted by Crippen LogP contribution is 2.22. The van der Waals surface area contributed by atoms with Crippen LogP contribution in [0.3, 0.4) is 0 Å². The quantitative estimate of drug-likeness (QED) is 0.820. The van der Waals surface area contributed by atoms with Gasteiger partial charge in [0.15, 0.2) is 0 Å². The number of nitrogens with zero attached hydrogens (tertiary/aromatic N) is 2. The summed E-state index contributed by atoms with van der Waals surface area (Å²) in [5.74, 6) is 1.57. The number of aryl methyl sites for hydroxylation is 2. The number of benzene rings is 1. The maximum absolute atomic E-state index is 6.06. The van der Waals surface area contributed by atoms with Crippen molar-refractivity contribution in [3.63, 3.8) is 0 Å². The molecular formula is C16H20ClN3. The molecule has 0 saturated carbocycles. The van der Waals surface area contributed by atoms with Crippen LogP contribution < -0.4 is 5.32 Å². The van der Waals surface area contributed by atoms with Crippen molar-refractivity contribution in [1.82, 2.24) is 9.97 Å². The van der Waals surface area contributed by atoms with Crippen molar-refractivity contribution < 1.29 is 0 Å². The van der Waals surface area contributed by atoms with Gasteiger partial charge in [-0.15, -0.1) is 0 Å². The molecule has 1 heterocycles. The van der Waals surface area contributed by atoms with E-state index in [0.717, 1.165) is 24.5 Å². The van der Waals surface area contributed by atoms with Crippen molar-refractivity contribution in [2.45, 2.75) is 39.7 Å². The molecule has 0 aliphatic heterocycles. The van der Waals surface area contributed by atoms with Gasteiger partial charge in [0.25, 0.3) is 0 Å².